The fourth-order valence-electron chi connectivity index (χ4n) is 2.77. The number of aliphatic imine (C=N–C) groups is 1. The number of hydrogen-bond donors (Lipinski definition) is 2. The van der Waals surface area contributed by atoms with Gasteiger partial charge in [-0.3, -0.25) is 14.6 Å². The summed E-state index contributed by atoms with van der Waals surface area (Å²) in [5, 5.41) is 11.0. The normalized spacial score (nSPS) is 14.8. The van der Waals surface area contributed by atoms with Crippen LogP contribution in [0, 0.1) is 0 Å². The molecule has 1 aliphatic carbocycles. The van der Waals surface area contributed by atoms with E-state index in [0.717, 1.165) is 51.1 Å². The highest BCUT2D eigenvalue weighted by atomic mass is 127. The molecule has 1 aromatic rings. The first-order valence-electron chi connectivity index (χ1n) is 8.96. The third kappa shape index (κ3) is 7.83. The number of rotatable bonds is 10. The second-order valence-corrected chi connectivity index (χ2v) is 6.37. The molecule has 0 aliphatic heterocycles. The van der Waals surface area contributed by atoms with Gasteiger partial charge in [-0.15, -0.1) is 24.0 Å². The van der Waals surface area contributed by atoms with Gasteiger partial charge in [-0.25, -0.2) is 0 Å². The number of halogens is 1. The van der Waals surface area contributed by atoms with Gasteiger partial charge in [-0.1, -0.05) is 0 Å². The third-order valence-electron chi connectivity index (χ3n) is 4.06. The zero-order valence-corrected chi connectivity index (χ0v) is 17.6. The van der Waals surface area contributed by atoms with Gasteiger partial charge in [-0.05, 0) is 46.1 Å². The molecule has 138 valence electrons. The molecule has 0 unspecified atom stereocenters. The molecule has 0 saturated heterocycles. The van der Waals surface area contributed by atoms with Crippen LogP contribution < -0.4 is 10.6 Å². The summed E-state index contributed by atoms with van der Waals surface area (Å²) in [6.07, 6.45) is 7.53. The summed E-state index contributed by atoms with van der Waals surface area (Å²) < 4.78 is 1.95. The molecular formula is C17H33IN6. The Morgan fingerprint density at radius 1 is 1.38 bits per heavy atom. The number of hydrogen-bond acceptors (Lipinski definition) is 3. The minimum absolute atomic E-state index is 0. The standard InChI is InChI=1S/C17H32N6.HI/c1-4-18-17(19-9-5-12-22-13-6-10-21-22)20-11-14-23(15(2)3)16-7-8-16;/h6,10,13,15-16H,4-5,7-9,11-12,14H2,1-3H3,(H2,18,19,20);1H. The Bertz CT molecular complexity index is 454. The number of guanidine groups is 1. The lowest BCUT2D eigenvalue weighted by molar-refractivity contribution is 0.215. The van der Waals surface area contributed by atoms with Crippen molar-refractivity contribution >= 4 is 29.9 Å². The van der Waals surface area contributed by atoms with Gasteiger partial charge in [-0.2, -0.15) is 5.10 Å². The SMILES string of the molecule is CCNC(=NCCCn1cccn1)NCCN(C(C)C)C1CC1.I. The summed E-state index contributed by atoms with van der Waals surface area (Å²) in [5.74, 6) is 0.924. The predicted octanol–water partition coefficient (Wildman–Crippen LogP) is 2.32. The van der Waals surface area contributed by atoms with Crippen molar-refractivity contribution in [2.24, 2.45) is 4.99 Å². The molecule has 0 aromatic carbocycles. The van der Waals surface area contributed by atoms with E-state index in [9.17, 15) is 0 Å². The van der Waals surface area contributed by atoms with Crippen LogP contribution in [0.15, 0.2) is 23.5 Å². The van der Waals surface area contributed by atoms with Gasteiger partial charge >= 0.3 is 0 Å². The topological polar surface area (TPSA) is 57.5 Å². The van der Waals surface area contributed by atoms with Gasteiger partial charge in [0, 0.05) is 57.2 Å². The van der Waals surface area contributed by atoms with Crippen LogP contribution in [0.3, 0.4) is 0 Å². The second-order valence-electron chi connectivity index (χ2n) is 6.37. The molecule has 24 heavy (non-hydrogen) atoms. The second kappa shape index (κ2) is 11.7. The smallest absolute Gasteiger partial charge is 0.191 e. The molecule has 0 atom stereocenters. The summed E-state index contributed by atoms with van der Waals surface area (Å²) in [6, 6.07) is 3.39. The Morgan fingerprint density at radius 3 is 2.75 bits per heavy atom. The summed E-state index contributed by atoms with van der Waals surface area (Å²) in [5.41, 5.74) is 0. The zero-order valence-electron chi connectivity index (χ0n) is 15.2. The van der Waals surface area contributed by atoms with E-state index in [1.54, 1.807) is 0 Å². The van der Waals surface area contributed by atoms with Crippen LogP contribution in [0.5, 0.6) is 0 Å². The van der Waals surface area contributed by atoms with Gasteiger partial charge in [0.2, 0.25) is 0 Å². The predicted molar refractivity (Wildman–Crippen MR) is 111 cm³/mol. The van der Waals surface area contributed by atoms with E-state index in [4.69, 9.17) is 0 Å². The molecular weight excluding hydrogens is 415 g/mol. The highest BCUT2D eigenvalue weighted by Gasteiger charge is 2.29. The van der Waals surface area contributed by atoms with Gasteiger partial charge in [0.1, 0.15) is 0 Å². The number of nitrogens with one attached hydrogen (secondary N) is 2. The minimum atomic E-state index is 0. The van der Waals surface area contributed by atoms with Crippen molar-refractivity contribution in [3.05, 3.63) is 18.5 Å². The van der Waals surface area contributed by atoms with E-state index in [-0.39, 0.29) is 24.0 Å². The van der Waals surface area contributed by atoms with Crippen molar-refractivity contribution < 1.29 is 0 Å². The molecule has 1 aromatic heterocycles. The maximum absolute atomic E-state index is 4.65. The van der Waals surface area contributed by atoms with Gasteiger partial charge in [0.05, 0.1) is 0 Å². The van der Waals surface area contributed by atoms with Crippen LogP contribution in [-0.4, -0.2) is 58.9 Å². The highest BCUT2D eigenvalue weighted by Crippen LogP contribution is 2.27. The molecule has 1 fully saturated rings. The van der Waals surface area contributed by atoms with E-state index in [2.05, 4.69) is 46.4 Å². The van der Waals surface area contributed by atoms with Gasteiger partial charge in [0.25, 0.3) is 0 Å². The Morgan fingerprint density at radius 2 is 2.17 bits per heavy atom. The van der Waals surface area contributed by atoms with Crippen LogP contribution in [0.4, 0.5) is 0 Å². The fraction of sp³-hybridized carbons (Fsp3) is 0.765. The Labute approximate surface area is 163 Å². The summed E-state index contributed by atoms with van der Waals surface area (Å²) in [7, 11) is 0. The lowest BCUT2D eigenvalue weighted by atomic mass is 10.3. The van der Waals surface area contributed by atoms with Crippen molar-refractivity contribution in [2.75, 3.05) is 26.2 Å². The molecule has 0 amide bonds. The number of aryl methyl sites for hydroxylation is 1. The van der Waals surface area contributed by atoms with E-state index < -0.39 is 0 Å². The fourth-order valence-corrected chi connectivity index (χ4v) is 2.77. The van der Waals surface area contributed by atoms with Gasteiger partial charge in [0.15, 0.2) is 5.96 Å². The average Bonchev–Trinajstić information content (AvgIpc) is 3.22. The Hall–Kier alpha value is -0.830. The first-order valence-corrected chi connectivity index (χ1v) is 8.96. The maximum Gasteiger partial charge on any atom is 0.191 e. The Balaban J connectivity index is 0.00000288. The summed E-state index contributed by atoms with van der Waals surface area (Å²) >= 11 is 0. The van der Waals surface area contributed by atoms with Crippen LogP contribution in [0.2, 0.25) is 0 Å². The lowest BCUT2D eigenvalue weighted by Gasteiger charge is -2.26. The molecule has 1 aliphatic rings. The first kappa shape index (κ1) is 21.2. The number of nitrogens with zero attached hydrogens (tertiary/aromatic N) is 4. The van der Waals surface area contributed by atoms with Crippen LogP contribution in [-0.2, 0) is 6.54 Å². The molecule has 1 saturated carbocycles. The van der Waals surface area contributed by atoms with Gasteiger partial charge < -0.3 is 10.6 Å². The minimum Gasteiger partial charge on any atom is -0.357 e. The van der Waals surface area contributed by atoms with Crippen LogP contribution in [0.25, 0.3) is 0 Å². The quantitative estimate of drug-likeness (QED) is 0.250. The Kier molecular flexibility index (Phi) is 10.3. The van der Waals surface area contributed by atoms with E-state index in [0.29, 0.717) is 6.04 Å². The van der Waals surface area contributed by atoms with Crippen molar-refractivity contribution in [2.45, 2.75) is 58.7 Å². The average molecular weight is 448 g/mol. The van der Waals surface area contributed by atoms with Crippen LogP contribution in [0.1, 0.15) is 40.0 Å². The van der Waals surface area contributed by atoms with Crippen molar-refractivity contribution in [3.8, 4) is 0 Å². The molecule has 1 heterocycles. The molecule has 0 bridgehead atoms. The number of aromatic nitrogens is 2. The van der Waals surface area contributed by atoms with Crippen molar-refractivity contribution in [1.82, 2.24) is 25.3 Å². The van der Waals surface area contributed by atoms with Crippen molar-refractivity contribution in [3.63, 3.8) is 0 Å². The van der Waals surface area contributed by atoms with E-state index >= 15 is 0 Å². The van der Waals surface area contributed by atoms with Crippen LogP contribution >= 0.6 is 24.0 Å². The van der Waals surface area contributed by atoms with Crippen molar-refractivity contribution in [1.29, 1.82) is 0 Å². The lowest BCUT2D eigenvalue weighted by Crippen LogP contribution is -2.44. The van der Waals surface area contributed by atoms with E-state index in [1.807, 2.05) is 23.1 Å². The molecule has 6 nitrogen and oxygen atoms in total. The monoisotopic (exact) mass is 448 g/mol. The highest BCUT2D eigenvalue weighted by molar-refractivity contribution is 14.0. The molecule has 2 N–H and O–H groups in total. The molecule has 0 radical (unpaired) electrons. The first-order chi connectivity index (χ1) is 11.2. The zero-order chi connectivity index (χ0) is 16.5. The largest absolute Gasteiger partial charge is 0.357 e. The maximum atomic E-state index is 4.65. The van der Waals surface area contributed by atoms with E-state index in [1.165, 1.54) is 12.8 Å². The third-order valence-corrected chi connectivity index (χ3v) is 4.06. The summed E-state index contributed by atoms with van der Waals surface area (Å²) in [6.45, 7) is 11.3. The summed E-state index contributed by atoms with van der Waals surface area (Å²) in [4.78, 5) is 7.24. The molecule has 0 spiro atoms. The molecule has 7 heteroatoms. The molecule has 2 rings (SSSR count).